The Hall–Kier alpha value is -1.04. The lowest BCUT2D eigenvalue weighted by Gasteiger charge is -2.34. The van der Waals surface area contributed by atoms with E-state index in [4.69, 9.17) is 4.74 Å². The highest BCUT2D eigenvalue weighted by atomic mass is 32.2. The second-order valence-corrected chi connectivity index (χ2v) is 10.3. The average Bonchev–Trinajstić information content (AvgIpc) is 3.10. The van der Waals surface area contributed by atoms with Crippen molar-refractivity contribution in [2.75, 3.05) is 12.4 Å². The Morgan fingerprint density at radius 3 is 1.81 bits per heavy atom. The minimum Gasteiger partial charge on any atom is -0.464 e. The van der Waals surface area contributed by atoms with E-state index in [1.54, 1.807) is 13.8 Å². The maximum Gasteiger partial charge on any atom is 0.329 e. The van der Waals surface area contributed by atoms with Crippen molar-refractivity contribution in [2.24, 2.45) is 0 Å². The molecule has 6 heteroatoms. The van der Waals surface area contributed by atoms with E-state index in [1.807, 2.05) is 0 Å². The van der Waals surface area contributed by atoms with Gasteiger partial charge in [0.1, 0.15) is 10.9 Å². The first kappa shape index (κ1) is 28.0. The molecule has 0 N–H and O–H groups in total. The van der Waals surface area contributed by atoms with Gasteiger partial charge in [-0.1, -0.05) is 84.0 Å². The third-order valence-electron chi connectivity index (χ3n) is 6.27. The second-order valence-electron chi connectivity index (χ2n) is 8.87. The summed E-state index contributed by atoms with van der Waals surface area (Å²) < 4.78 is 5.14. The zero-order valence-electron chi connectivity index (χ0n) is 20.4. The molecule has 0 aromatic rings. The highest BCUT2D eigenvalue weighted by Crippen LogP contribution is 2.41. The van der Waals surface area contributed by atoms with Crippen LogP contribution in [0.15, 0.2) is 0 Å². The molecule has 0 aromatic heterocycles. The predicted octanol–water partition coefficient (Wildman–Crippen LogP) is 6.28. The van der Waals surface area contributed by atoms with E-state index in [2.05, 4.69) is 6.92 Å². The van der Waals surface area contributed by atoms with Crippen LogP contribution in [-0.2, 0) is 19.1 Å². The molecule has 1 fully saturated rings. The van der Waals surface area contributed by atoms with Crippen LogP contribution in [0.4, 0.5) is 0 Å². The van der Waals surface area contributed by atoms with Crippen LogP contribution in [0.2, 0.25) is 0 Å². The summed E-state index contributed by atoms with van der Waals surface area (Å²) in [5, 5.41) is 0. The van der Waals surface area contributed by atoms with Crippen LogP contribution >= 0.6 is 11.8 Å². The number of esters is 1. The van der Waals surface area contributed by atoms with Crippen LogP contribution in [0.1, 0.15) is 118 Å². The Balaban J connectivity index is 2.26. The lowest BCUT2D eigenvalue weighted by Crippen LogP contribution is -2.54. The SMILES string of the molecule is CCCCCCCCCCCCCCCC(=O)N1C(C(=O)OCC)CSC1(C)C(C)=O. The average molecular weight is 456 g/mol. The van der Waals surface area contributed by atoms with Gasteiger partial charge in [-0.3, -0.25) is 9.59 Å². The summed E-state index contributed by atoms with van der Waals surface area (Å²) in [5.41, 5.74) is 0. The van der Waals surface area contributed by atoms with Crippen molar-refractivity contribution in [3.05, 3.63) is 0 Å². The number of Topliss-reactive ketones (excluding diaryl/α,β-unsaturated/α-hetero) is 1. The normalized spacial score (nSPS) is 20.8. The largest absolute Gasteiger partial charge is 0.464 e. The smallest absolute Gasteiger partial charge is 0.329 e. The molecule has 1 aliphatic rings. The first-order valence-electron chi connectivity index (χ1n) is 12.5. The van der Waals surface area contributed by atoms with Crippen molar-refractivity contribution in [3.63, 3.8) is 0 Å². The molecular formula is C25H45NO4S. The first-order valence-corrected chi connectivity index (χ1v) is 13.5. The maximum atomic E-state index is 12.9. The van der Waals surface area contributed by atoms with Crippen molar-refractivity contribution < 1.29 is 19.1 Å². The van der Waals surface area contributed by atoms with Crippen LogP contribution in [0, 0.1) is 0 Å². The van der Waals surface area contributed by atoms with Crippen LogP contribution in [0.5, 0.6) is 0 Å². The van der Waals surface area contributed by atoms with Gasteiger partial charge >= 0.3 is 5.97 Å². The molecular weight excluding hydrogens is 410 g/mol. The van der Waals surface area contributed by atoms with Gasteiger partial charge in [-0.05, 0) is 27.2 Å². The summed E-state index contributed by atoms with van der Waals surface area (Å²) in [6.45, 7) is 7.53. The molecule has 0 bridgehead atoms. The molecule has 0 spiro atoms. The van der Waals surface area contributed by atoms with Crippen LogP contribution in [0.25, 0.3) is 0 Å². The summed E-state index contributed by atoms with van der Waals surface area (Å²) in [4.78, 5) is 38.0. The van der Waals surface area contributed by atoms with Gasteiger partial charge in [0.15, 0.2) is 5.78 Å². The number of carbonyl (C=O) groups is 3. The Morgan fingerprint density at radius 2 is 1.35 bits per heavy atom. The molecule has 1 rings (SSSR count). The fraction of sp³-hybridized carbons (Fsp3) is 0.880. The number of hydrogen-bond acceptors (Lipinski definition) is 5. The molecule has 1 aliphatic heterocycles. The van der Waals surface area contributed by atoms with E-state index < -0.39 is 16.9 Å². The van der Waals surface area contributed by atoms with Gasteiger partial charge in [0.05, 0.1) is 6.61 Å². The molecule has 2 unspecified atom stereocenters. The highest BCUT2D eigenvalue weighted by Gasteiger charge is 2.52. The van der Waals surface area contributed by atoms with Crippen LogP contribution in [-0.4, -0.2) is 45.8 Å². The van der Waals surface area contributed by atoms with Crippen molar-refractivity contribution in [1.82, 2.24) is 4.90 Å². The van der Waals surface area contributed by atoms with Crippen molar-refractivity contribution in [2.45, 2.75) is 128 Å². The standard InChI is InChI=1S/C25H45NO4S/c1-5-7-8-9-10-11-12-13-14-15-16-17-18-19-23(28)26-22(24(29)30-6-2)20-31-25(26,4)21(3)27/h22H,5-20H2,1-4H3. The monoisotopic (exact) mass is 455 g/mol. The fourth-order valence-electron chi connectivity index (χ4n) is 4.19. The number of amides is 1. The van der Waals surface area contributed by atoms with E-state index in [-0.39, 0.29) is 18.3 Å². The third-order valence-corrected chi connectivity index (χ3v) is 7.80. The Morgan fingerprint density at radius 1 is 0.871 bits per heavy atom. The molecule has 2 atom stereocenters. The maximum absolute atomic E-state index is 12.9. The highest BCUT2D eigenvalue weighted by molar-refractivity contribution is 8.01. The van der Waals surface area contributed by atoms with Gasteiger partial charge < -0.3 is 9.64 Å². The van der Waals surface area contributed by atoms with Gasteiger partial charge in [0.25, 0.3) is 0 Å². The zero-order valence-corrected chi connectivity index (χ0v) is 21.2. The van der Waals surface area contributed by atoms with Crippen molar-refractivity contribution in [1.29, 1.82) is 0 Å². The Labute approximate surface area is 194 Å². The molecule has 0 radical (unpaired) electrons. The zero-order chi connectivity index (χ0) is 23.1. The Kier molecular flexibility index (Phi) is 14.2. The predicted molar refractivity (Wildman–Crippen MR) is 129 cm³/mol. The Bertz CT molecular complexity index is 554. The minimum absolute atomic E-state index is 0.0944. The van der Waals surface area contributed by atoms with E-state index in [0.29, 0.717) is 12.2 Å². The molecule has 31 heavy (non-hydrogen) atoms. The summed E-state index contributed by atoms with van der Waals surface area (Å²) in [7, 11) is 0. The molecule has 5 nitrogen and oxygen atoms in total. The molecule has 1 amide bonds. The number of unbranched alkanes of at least 4 members (excludes halogenated alkanes) is 12. The molecule has 0 saturated carbocycles. The minimum atomic E-state index is -0.967. The quantitative estimate of drug-likeness (QED) is 0.191. The number of hydrogen-bond donors (Lipinski definition) is 0. The van der Waals surface area contributed by atoms with Gasteiger partial charge in [0, 0.05) is 12.2 Å². The van der Waals surface area contributed by atoms with Crippen molar-refractivity contribution in [3.8, 4) is 0 Å². The second kappa shape index (κ2) is 15.7. The number of ketones is 1. The number of thioether (sulfide) groups is 1. The molecule has 1 saturated heterocycles. The van der Waals surface area contributed by atoms with E-state index >= 15 is 0 Å². The lowest BCUT2D eigenvalue weighted by atomic mass is 10.0. The number of nitrogens with zero attached hydrogens (tertiary/aromatic N) is 1. The van der Waals surface area contributed by atoms with Gasteiger partial charge in [-0.15, -0.1) is 11.8 Å². The van der Waals surface area contributed by atoms with Gasteiger partial charge in [-0.2, -0.15) is 0 Å². The number of ether oxygens (including phenoxy) is 1. The molecule has 180 valence electrons. The summed E-state index contributed by atoms with van der Waals surface area (Å²) in [6.07, 6.45) is 16.7. The molecule has 0 aromatic carbocycles. The fourth-order valence-corrected chi connectivity index (χ4v) is 5.53. The third kappa shape index (κ3) is 9.55. The number of carbonyl (C=O) groups excluding carboxylic acids is 3. The van der Waals surface area contributed by atoms with Crippen molar-refractivity contribution >= 4 is 29.4 Å². The van der Waals surface area contributed by atoms with Crippen LogP contribution < -0.4 is 0 Å². The van der Waals surface area contributed by atoms with E-state index in [0.717, 1.165) is 19.3 Å². The molecule has 0 aliphatic carbocycles. The van der Waals surface area contributed by atoms with E-state index in [1.165, 1.54) is 87.8 Å². The summed E-state index contributed by atoms with van der Waals surface area (Å²) in [5.74, 6) is -0.190. The van der Waals surface area contributed by atoms with Crippen LogP contribution in [0.3, 0.4) is 0 Å². The first-order chi connectivity index (χ1) is 14.9. The summed E-state index contributed by atoms with van der Waals surface area (Å²) in [6, 6.07) is -0.659. The molecule has 1 heterocycles. The van der Waals surface area contributed by atoms with E-state index in [9.17, 15) is 14.4 Å². The topological polar surface area (TPSA) is 63.7 Å². The lowest BCUT2D eigenvalue weighted by molar-refractivity contribution is -0.156. The van der Waals surface area contributed by atoms with Gasteiger partial charge in [0.2, 0.25) is 5.91 Å². The van der Waals surface area contributed by atoms with Gasteiger partial charge in [-0.25, -0.2) is 4.79 Å². The number of rotatable bonds is 17. The summed E-state index contributed by atoms with van der Waals surface area (Å²) >= 11 is 1.37.